The van der Waals surface area contributed by atoms with Crippen LogP contribution in [0.4, 0.5) is 0 Å². The number of hydrogen-bond donors (Lipinski definition) is 1. The first-order valence-electron chi connectivity index (χ1n) is 7.62. The van der Waals surface area contributed by atoms with Crippen LogP contribution in [0.1, 0.15) is 24.2 Å². The predicted octanol–water partition coefficient (Wildman–Crippen LogP) is 3.99. The van der Waals surface area contributed by atoms with Crippen LogP contribution in [-0.2, 0) is 13.0 Å². The first-order chi connectivity index (χ1) is 10.7. The number of aryl methyl sites for hydroxylation is 1. The van der Waals surface area contributed by atoms with Crippen LogP contribution < -0.4 is 5.73 Å². The van der Waals surface area contributed by atoms with Crippen molar-refractivity contribution in [2.45, 2.75) is 25.8 Å². The number of benzene rings is 2. The highest BCUT2D eigenvalue weighted by Gasteiger charge is 2.19. The second-order valence-electron chi connectivity index (χ2n) is 5.47. The SMILES string of the molecule is CCn1c(C(CN)Cc2ccccc2)nc2cc(Cl)ccc21. The number of rotatable bonds is 5. The molecule has 0 fully saturated rings. The average molecular weight is 314 g/mol. The minimum atomic E-state index is 0.202. The van der Waals surface area contributed by atoms with E-state index in [1.165, 1.54) is 5.56 Å². The first-order valence-corrected chi connectivity index (χ1v) is 8.00. The van der Waals surface area contributed by atoms with Crippen molar-refractivity contribution >= 4 is 22.6 Å². The summed E-state index contributed by atoms with van der Waals surface area (Å²) in [6, 6.07) is 16.3. The minimum absolute atomic E-state index is 0.202. The van der Waals surface area contributed by atoms with E-state index in [4.69, 9.17) is 22.3 Å². The Morgan fingerprint density at radius 3 is 2.64 bits per heavy atom. The summed E-state index contributed by atoms with van der Waals surface area (Å²) in [5, 5.41) is 0.715. The highest BCUT2D eigenvalue weighted by atomic mass is 35.5. The van der Waals surface area contributed by atoms with Crippen LogP contribution in [0.5, 0.6) is 0 Å². The van der Waals surface area contributed by atoms with Gasteiger partial charge in [0.05, 0.1) is 11.0 Å². The molecule has 2 N–H and O–H groups in total. The van der Waals surface area contributed by atoms with Crippen LogP contribution in [0.3, 0.4) is 0 Å². The molecule has 0 aliphatic carbocycles. The van der Waals surface area contributed by atoms with Crippen LogP contribution >= 0.6 is 11.6 Å². The maximum Gasteiger partial charge on any atom is 0.114 e. The molecule has 1 heterocycles. The minimum Gasteiger partial charge on any atom is -0.330 e. The zero-order chi connectivity index (χ0) is 15.5. The summed E-state index contributed by atoms with van der Waals surface area (Å²) < 4.78 is 2.24. The van der Waals surface area contributed by atoms with E-state index < -0.39 is 0 Å². The number of nitrogens with two attached hydrogens (primary N) is 1. The molecule has 1 atom stereocenters. The van der Waals surface area contributed by atoms with Crippen molar-refractivity contribution in [1.82, 2.24) is 9.55 Å². The Balaban J connectivity index is 2.02. The number of imidazole rings is 1. The van der Waals surface area contributed by atoms with Gasteiger partial charge in [-0.3, -0.25) is 0 Å². The van der Waals surface area contributed by atoms with Gasteiger partial charge in [0.2, 0.25) is 0 Å². The normalized spacial score (nSPS) is 12.7. The van der Waals surface area contributed by atoms with Gasteiger partial charge in [0.25, 0.3) is 0 Å². The largest absolute Gasteiger partial charge is 0.330 e. The van der Waals surface area contributed by atoms with Crippen LogP contribution in [-0.4, -0.2) is 16.1 Å². The quantitative estimate of drug-likeness (QED) is 0.774. The van der Waals surface area contributed by atoms with E-state index in [-0.39, 0.29) is 5.92 Å². The molecule has 0 aliphatic heterocycles. The molecule has 4 heteroatoms. The summed E-state index contributed by atoms with van der Waals surface area (Å²) in [5.74, 6) is 1.25. The number of fused-ring (bicyclic) bond motifs is 1. The predicted molar refractivity (Wildman–Crippen MR) is 92.4 cm³/mol. The van der Waals surface area contributed by atoms with Crippen LogP contribution in [0.2, 0.25) is 5.02 Å². The molecular weight excluding hydrogens is 294 g/mol. The zero-order valence-corrected chi connectivity index (χ0v) is 13.4. The molecule has 0 saturated carbocycles. The van der Waals surface area contributed by atoms with Gasteiger partial charge < -0.3 is 10.3 Å². The van der Waals surface area contributed by atoms with Gasteiger partial charge in [-0.15, -0.1) is 0 Å². The van der Waals surface area contributed by atoms with Crippen molar-refractivity contribution in [2.75, 3.05) is 6.54 Å². The molecule has 0 amide bonds. The lowest BCUT2D eigenvalue weighted by molar-refractivity contribution is 0.598. The van der Waals surface area contributed by atoms with Gasteiger partial charge in [-0.25, -0.2) is 4.98 Å². The third-order valence-corrected chi connectivity index (χ3v) is 4.27. The molecule has 2 aromatic carbocycles. The average Bonchev–Trinajstić information content (AvgIpc) is 2.90. The lowest BCUT2D eigenvalue weighted by Crippen LogP contribution is -2.19. The molecular formula is C18H20ClN3. The fourth-order valence-electron chi connectivity index (χ4n) is 2.94. The monoisotopic (exact) mass is 313 g/mol. The van der Waals surface area contributed by atoms with Gasteiger partial charge in [-0.05, 0) is 37.1 Å². The molecule has 3 rings (SSSR count). The Bertz CT molecular complexity index is 765. The Labute approximate surface area is 135 Å². The Hall–Kier alpha value is -1.84. The van der Waals surface area contributed by atoms with E-state index in [1.807, 2.05) is 24.3 Å². The summed E-state index contributed by atoms with van der Waals surface area (Å²) in [6.07, 6.45) is 0.897. The van der Waals surface area contributed by atoms with Gasteiger partial charge >= 0.3 is 0 Å². The van der Waals surface area contributed by atoms with E-state index in [0.717, 1.165) is 29.8 Å². The number of aromatic nitrogens is 2. The summed E-state index contributed by atoms with van der Waals surface area (Å²) in [6.45, 7) is 3.58. The summed E-state index contributed by atoms with van der Waals surface area (Å²) in [4.78, 5) is 4.81. The van der Waals surface area contributed by atoms with Crippen molar-refractivity contribution in [2.24, 2.45) is 5.73 Å². The molecule has 114 valence electrons. The topological polar surface area (TPSA) is 43.8 Å². The van der Waals surface area contributed by atoms with Gasteiger partial charge in [-0.2, -0.15) is 0 Å². The third-order valence-electron chi connectivity index (χ3n) is 4.03. The van der Waals surface area contributed by atoms with Gasteiger partial charge in [0.15, 0.2) is 0 Å². The molecule has 22 heavy (non-hydrogen) atoms. The van der Waals surface area contributed by atoms with Gasteiger partial charge in [-0.1, -0.05) is 41.9 Å². The van der Waals surface area contributed by atoms with Crippen LogP contribution in [0.25, 0.3) is 11.0 Å². The third kappa shape index (κ3) is 2.87. The maximum atomic E-state index is 6.09. The second kappa shape index (κ2) is 6.51. The zero-order valence-electron chi connectivity index (χ0n) is 12.7. The molecule has 3 aromatic rings. The van der Waals surface area contributed by atoms with Crippen molar-refractivity contribution in [3.8, 4) is 0 Å². The van der Waals surface area contributed by atoms with Crippen LogP contribution in [0.15, 0.2) is 48.5 Å². The Morgan fingerprint density at radius 1 is 1.18 bits per heavy atom. The van der Waals surface area contributed by atoms with E-state index in [1.54, 1.807) is 0 Å². The molecule has 0 aliphatic rings. The van der Waals surface area contributed by atoms with Crippen molar-refractivity contribution < 1.29 is 0 Å². The molecule has 0 spiro atoms. The molecule has 0 saturated heterocycles. The molecule has 0 bridgehead atoms. The van der Waals surface area contributed by atoms with Crippen molar-refractivity contribution in [3.05, 3.63) is 64.9 Å². The van der Waals surface area contributed by atoms with E-state index in [2.05, 4.69) is 35.8 Å². The Morgan fingerprint density at radius 2 is 1.95 bits per heavy atom. The number of nitrogens with zero attached hydrogens (tertiary/aromatic N) is 2. The second-order valence-corrected chi connectivity index (χ2v) is 5.91. The van der Waals surface area contributed by atoms with Crippen LogP contribution in [0, 0.1) is 0 Å². The standard InChI is InChI=1S/C18H20ClN3/c1-2-22-17-9-8-15(19)11-16(17)21-18(22)14(12-20)10-13-6-4-3-5-7-13/h3-9,11,14H,2,10,12,20H2,1H3. The summed E-state index contributed by atoms with van der Waals surface area (Å²) in [7, 11) is 0. The van der Waals surface area contributed by atoms with E-state index in [0.29, 0.717) is 11.6 Å². The fraction of sp³-hybridized carbons (Fsp3) is 0.278. The van der Waals surface area contributed by atoms with Crippen molar-refractivity contribution in [3.63, 3.8) is 0 Å². The number of halogens is 1. The highest BCUT2D eigenvalue weighted by Crippen LogP contribution is 2.26. The molecule has 3 nitrogen and oxygen atoms in total. The van der Waals surface area contributed by atoms with E-state index >= 15 is 0 Å². The fourth-order valence-corrected chi connectivity index (χ4v) is 3.11. The summed E-state index contributed by atoms with van der Waals surface area (Å²) >= 11 is 6.09. The Kier molecular flexibility index (Phi) is 4.46. The smallest absolute Gasteiger partial charge is 0.114 e. The summed E-state index contributed by atoms with van der Waals surface area (Å²) in [5.41, 5.74) is 9.39. The first kappa shape index (κ1) is 15.1. The van der Waals surface area contributed by atoms with Gasteiger partial charge in [0, 0.05) is 24.0 Å². The van der Waals surface area contributed by atoms with E-state index in [9.17, 15) is 0 Å². The maximum absolute atomic E-state index is 6.09. The molecule has 1 aromatic heterocycles. The van der Waals surface area contributed by atoms with Gasteiger partial charge in [0.1, 0.15) is 5.82 Å². The molecule has 0 radical (unpaired) electrons. The van der Waals surface area contributed by atoms with Crippen molar-refractivity contribution in [1.29, 1.82) is 0 Å². The lowest BCUT2D eigenvalue weighted by atomic mass is 9.98. The number of hydrogen-bond acceptors (Lipinski definition) is 2. The molecule has 1 unspecified atom stereocenters. The highest BCUT2D eigenvalue weighted by molar-refractivity contribution is 6.31. The lowest BCUT2D eigenvalue weighted by Gasteiger charge is -2.16.